The van der Waals surface area contributed by atoms with Gasteiger partial charge in [-0.15, -0.1) is 0 Å². The van der Waals surface area contributed by atoms with Crippen LogP contribution < -0.4 is 10.1 Å². The van der Waals surface area contributed by atoms with E-state index in [9.17, 15) is 4.79 Å². The second kappa shape index (κ2) is 5.16. The second-order valence-electron chi connectivity index (χ2n) is 4.36. The van der Waals surface area contributed by atoms with E-state index < -0.39 is 5.97 Å². The molecule has 2 aromatic carbocycles. The van der Waals surface area contributed by atoms with Crippen molar-refractivity contribution in [2.75, 3.05) is 12.4 Å². The maximum absolute atomic E-state index is 10.9. The third-order valence-corrected chi connectivity index (χ3v) is 2.96. The molecular weight excluding hydrogens is 272 g/mol. The fourth-order valence-corrected chi connectivity index (χ4v) is 1.94. The van der Waals surface area contributed by atoms with Crippen molar-refractivity contribution in [3.8, 4) is 5.75 Å². The molecule has 106 valence electrons. The Morgan fingerprint density at radius 3 is 2.90 bits per heavy atom. The number of fused-ring (bicyclic) bond motifs is 1. The molecule has 0 bridgehead atoms. The minimum absolute atomic E-state index is 0.159. The number of aromatic carboxylic acids is 1. The van der Waals surface area contributed by atoms with Crippen LogP contribution in [0.2, 0.25) is 0 Å². The van der Waals surface area contributed by atoms with E-state index in [0.29, 0.717) is 22.9 Å². The summed E-state index contributed by atoms with van der Waals surface area (Å²) in [5, 5.41) is 12.0. The summed E-state index contributed by atoms with van der Waals surface area (Å²) in [5.74, 6) is -0.292. The van der Waals surface area contributed by atoms with Crippen LogP contribution in [0.1, 0.15) is 10.4 Å². The fraction of sp³-hybridized carbons (Fsp3) is 0.0667. The van der Waals surface area contributed by atoms with Gasteiger partial charge in [0, 0.05) is 11.8 Å². The Balaban J connectivity index is 1.92. The number of carboxylic acids is 1. The largest absolute Gasteiger partial charge is 0.497 e. The summed E-state index contributed by atoms with van der Waals surface area (Å²) >= 11 is 0. The van der Waals surface area contributed by atoms with Crippen molar-refractivity contribution < 1.29 is 19.1 Å². The average molecular weight is 284 g/mol. The first-order chi connectivity index (χ1) is 10.2. The van der Waals surface area contributed by atoms with Gasteiger partial charge >= 0.3 is 5.97 Å². The van der Waals surface area contributed by atoms with E-state index in [0.717, 1.165) is 5.69 Å². The molecule has 0 fully saturated rings. The van der Waals surface area contributed by atoms with Gasteiger partial charge in [0.1, 0.15) is 11.3 Å². The monoisotopic (exact) mass is 284 g/mol. The maximum Gasteiger partial charge on any atom is 0.335 e. The smallest absolute Gasteiger partial charge is 0.335 e. The first-order valence-corrected chi connectivity index (χ1v) is 6.20. The number of carboxylic acid groups (broad SMARTS) is 1. The van der Waals surface area contributed by atoms with E-state index in [1.165, 1.54) is 12.1 Å². The molecule has 0 unspecified atom stereocenters. The second-order valence-corrected chi connectivity index (χ2v) is 4.36. The van der Waals surface area contributed by atoms with Crippen LogP contribution in [0.15, 0.2) is 46.9 Å². The number of ether oxygens (including phenoxy) is 1. The molecule has 0 amide bonds. The number of rotatable bonds is 4. The zero-order chi connectivity index (χ0) is 14.8. The van der Waals surface area contributed by atoms with Crippen molar-refractivity contribution in [1.29, 1.82) is 0 Å². The van der Waals surface area contributed by atoms with Crippen LogP contribution in [0.25, 0.3) is 11.1 Å². The number of anilines is 2. The highest BCUT2D eigenvalue weighted by atomic mass is 16.5. The summed E-state index contributed by atoms with van der Waals surface area (Å²) < 4.78 is 10.6. The van der Waals surface area contributed by atoms with Gasteiger partial charge in [0.05, 0.1) is 12.7 Å². The van der Waals surface area contributed by atoms with Gasteiger partial charge in [-0.1, -0.05) is 6.07 Å². The summed E-state index contributed by atoms with van der Waals surface area (Å²) in [7, 11) is 1.59. The van der Waals surface area contributed by atoms with E-state index >= 15 is 0 Å². The molecule has 0 aliphatic carbocycles. The van der Waals surface area contributed by atoms with Gasteiger partial charge in [-0.05, 0) is 30.3 Å². The predicted molar refractivity (Wildman–Crippen MR) is 77.2 cm³/mol. The van der Waals surface area contributed by atoms with E-state index in [4.69, 9.17) is 14.3 Å². The SMILES string of the molecule is COc1cccc(Nc2nc3ccc(C(=O)O)cc3o2)c1. The number of hydrogen-bond donors (Lipinski definition) is 2. The molecule has 0 aliphatic heterocycles. The molecule has 3 aromatic rings. The zero-order valence-electron chi connectivity index (χ0n) is 11.2. The summed E-state index contributed by atoms with van der Waals surface area (Å²) in [6.45, 7) is 0. The fourth-order valence-electron chi connectivity index (χ4n) is 1.94. The highest BCUT2D eigenvalue weighted by molar-refractivity contribution is 5.92. The first kappa shape index (κ1) is 13.0. The third-order valence-electron chi connectivity index (χ3n) is 2.96. The third kappa shape index (κ3) is 2.64. The lowest BCUT2D eigenvalue weighted by Gasteiger charge is -2.03. The average Bonchev–Trinajstić information content (AvgIpc) is 2.88. The van der Waals surface area contributed by atoms with Crippen LogP contribution in [0.3, 0.4) is 0 Å². The molecule has 0 spiro atoms. The summed E-state index contributed by atoms with van der Waals surface area (Å²) in [6, 6.07) is 12.2. The van der Waals surface area contributed by atoms with Crippen LogP contribution >= 0.6 is 0 Å². The lowest BCUT2D eigenvalue weighted by atomic mass is 10.2. The minimum Gasteiger partial charge on any atom is -0.497 e. The van der Waals surface area contributed by atoms with Crippen LogP contribution in [0.4, 0.5) is 11.7 Å². The number of oxazole rings is 1. The highest BCUT2D eigenvalue weighted by Crippen LogP contribution is 2.25. The molecule has 0 saturated heterocycles. The molecule has 1 heterocycles. The Hall–Kier alpha value is -3.02. The topological polar surface area (TPSA) is 84.6 Å². The van der Waals surface area contributed by atoms with Crippen molar-refractivity contribution in [3.05, 3.63) is 48.0 Å². The van der Waals surface area contributed by atoms with Gasteiger partial charge in [0.15, 0.2) is 5.58 Å². The quantitative estimate of drug-likeness (QED) is 0.764. The van der Waals surface area contributed by atoms with Crippen LogP contribution in [0, 0.1) is 0 Å². The number of carbonyl (C=O) groups is 1. The Bertz CT molecular complexity index is 810. The molecule has 1 aromatic heterocycles. The van der Waals surface area contributed by atoms with Crippen molar-refractivity contribution in [3.63, 3.8) is 0 Å². The Kier molecular flexibility index (Phi) is 3.19. The number of hydrogen-bond acceptors (Lipinski definition) is 5. The first-order valence-electron chi connectivity index (χ1n) is 6.20. The number of nitrogens with one attached hydrogen (secondary N) is 1. The molecule has 3 rings (SSSR count). The van der Waals surface area contributed by atoms with Gasteiger partial charge in [-0.25, -0.2) is 4.79 Å². The van der Waals surface area contributed by atoms with E-state index in [1.807, 2.05) is 18.2 Å². The van der Waals surface area contributed by atoms with Gasteiger partial charge < -0.3 is 19.6 Å². The van der Waals surface area contributed by atoms with Crippen LogP contribution in [-0.2, 0) is 0 Å². The number of aromatic nitrogens is 1. The molecule has 0 aliphatic rings. The van der Waals surface area contributed by atoms with Crippen molar-refractivity contribution in [2.45, 2.75) is 0 Å². The Morgan fingerprint density at radius 2 is 2.14 bits per heavy atom. The number of methoxy groups -OCH3 is 1. The maximum atomic E-state index is 10.9. The highest BCUT2D eigenvalue weighted by Gasteiger charge is 2.10. The molecular formula is C15H12N2O4. The van der Waals surface area contributed by atoms with Gasteiger partial charge in [0.25, 0.3) is 6.01 Å². The lowest BCUT2D eigenvalue weighted by molar-refractivity contribution is 0.0697. The molecule has 0 radical (unpaired) electrons. The summed E-state index contributed by atoms with van der Waals surface area (Å²) in [6.07, 6.45) is 0. The molecule has 2 N–H and O–H groups in total. The minimum atomic E-state index is -1.00. The molecule has 0 saturated carbocycles. The number of benzene rings is 2. The van der Waals surface area contributed by atoms with Crippen molar-refractivity contribution in [1.82, 2.24) is 4.98 Å². The van der Waals surface area contributed by atoms with Crippen LogP contribution in [0.5, 0.6) is 5.75 Å². The van der Waals surface area contributed by atoms with Crippen molar-refractivity contribution >= 4 is 28.8 Å². The normalized spacial score (nSPS) is 10.5. The Labute approximate surface area is 120 Å². The molecule has 6 nitrogen and oxygen atoms in total. The van der Waals surface area contributed by atoms with E-state index in [-0.39, 0.29) is 5.56 Å². The van der Waals surface area contributed by atoms with E-state index in [1.54, 1.807) is 19.2 Å². The lowest BCUT2D eigenvalue weighted by Crippen LogP contribution is -1.94. The van der Waals surface area contributed by atoms with Gasteiger partial charge in [-0.2, -0.15) is 4.98 Å². The van der Waals surface area contributed by atoms with Gasteiger partial charge in [0.2, 0.25) is 0 Å². The molecule has 6 heteroatoms. The zero-order valence-corrected chi connectivity index (χ0v) is 11.2. The number of nitrogens with zero attached hydrogens (tertiary/aromatic N) is 1. The standard InChI is InChI=1S/C15H12N2O4/c1-20-11-4-2-3-10(8-11)16-15-17-12-6-5-9(14(18)19)7-13(12)21-15/h2-8H,1H3,(H,16,17)(H,18,19). The van der Waals surface area contributed by atoms with Crippen LogP contribution in [-0.4, -0.2) is 23.2 Å². The van der Waals surface area contributed by atoms with E-state index in [2.05, 4.69) is 10.3 Å². The Morgan fingerprint density at radius 1 is 1.29 bits per heavy atom. The summed E-state index contributed by atoms with van der Waals surface area (Å²) in [4.78, 5) is 15.2. The molecule has 0 atom stereocenters. The molecule has 21 heavy (non-hydrogen) atoms. The van der Waals surface area contributed by atoms with Crippen molar-refractivity contribution in [2.24, 2.45) is 0 Å². The predicted octanol–water partition coefficient (Wildman–Crippen LogP) is 3.28. The summed E-state index contributed by atoms with van der Waals surface area (Å²) in [5.41, 5.74) is 1.93. The van der Waals surface area contributed by atoms with Gasteiger partial charge in [-0.3, -0.25) is 0 Å².